The molecular formula is C12H13N3O4. The first-order valence-corrected chi connectivity index (χ1v) is 5.49. The minimum absolute atomic E-state index is 0.0223. The number of carbonyl (C=O) groups is 2. The Bertz CT molecular complexity index is 654. The summed E-state index contributed by atoms with van der Waals surface area (Å²) < 4.78 is 7.90. The summed E-state index contributed by atoms with van der Waals surface area (Å²) in [5, 5.41) is 13.3. The van der Waals surface area contributed by atoms with Gasteiger partial charge in [0.1, 0.15) is 5.69 Å². The lowest BCUT2D eigenvalue weighted by atomic mass is 10.2. The van der Waals surface area contributed by atoms with Gasteiger partial charge in [0, 0.05) is 24.9 Å². The van der Waals surface area contributed by atoms with Crippen molar-refractivity contribution < 1.29 is 19.4 Å². The fourth-order valence-corrected chi connectivity index (χ4v) is 1.75. The third kappa shape index (κ3) is 2.22. The number of aryl methyl sites for hydroxylation is 1. The Morgan fingerprint density at radius 1 is 1.37 bits per heavy atom. The number of aromatic carboxylic acids is 1. The van der Waals surface area contributed by atoms with Crippen molar-refractivity contribution in [2.75, 3.05) is 7.11 Å². The minimum atomic E-state index is -1.13. The van der Waals surface area contributed by atoms with Gasteiger partial charge < -0.3 is 9.84 Å². The predicted molar refractivity (Wildman–Crippen MR) is 66.1 cm³/mol. The van der Waals surface area contributed by atoms with Crippen molar-refractivity contribution >= 4 is 11.8 Å². The zero-order valence-electron chi connectivity index (χ0n) is 10.7. The molecule has 0 fully saturated rings. The van der Waals surface area contributed by atoms with Crippen LogP contribution in [-0.2, 0) is 7.05 Å². The molecule has 0 unspecified atom stereocenters. The standard InChI is InChI=1S/C12H13N3O4/c1-7(16)8-4-9(12(17)18)15(6-8)10-5-11(19-3)14(2)13-10/h4-6H,1-3H3,(H,17,18). The molecule has 100 valence electrons. The highest BCUT2D eigenvalue weighted by molar-refractivity contribution is 5.97. The van der Waals surface area contributed by atoms with Gasteiger partial charge in [-0.25, -0.2) is 9.48 Å². The normalized spacial score (nSPS) is 10.5. The largest absolute Gasteiger partial charge is 0.481 e. The van der Waals surface area contributed by atoms with E-state index >= 15 is 0 Å². The Morgan fingerprint density at radius 2 is 2.05 bits per heavy atom. The number of aromatic nitrogens is 3. The summed E-state index contributed by atoms with van der Waals surface area (Å²) in [5.41, 5.74) is 0.299. The molecule has 0 amide bonds. The molecule has 7 nitrogen and oxygen atoms in total. The number of methoxy groups -OCH3 is 1. The monoisotopic (exact) mass is 263 g/mol. The van der Waals surface area contributed by atoms with E-state index in [1.165, 1.54) is 35.5 Å². The maximum Gasteiger partial charge on any atom is 0.352 e. The van der Waals surface area contributed by atoms with Gasteiger partial charge in [-0.3, -0.25) is 9.36 Å². The van der Waals surface area contributed by atoms with Crippen LogP contribution in [0.4, 0.5) is 0 Å². The fraction of sp³-hybridized carbons (Fsp3) is 0.250. The molecule has 7 heteroatoms. The molecule has 0 aromatic carbocycles. The van der Waals surface area contributed by atoms with E-state index in [1.807, 2.05) is 0 Å². The van der Waals surface area contributed by atoms with Gasteiger partial charge in [0.15, 0.2) is 11.6 Å². The number of hydrogen-bond donors (Lipinski definition) is 1. The lowest BCUT2D eigenvalue weighted by Crippen LogP contribution is -2.06. The van der Waals surface area contributed by atoms with Crippen molar-refractivity contribution in [1.82, 2.24) is 14.3 Å². The van der Waals surface area contributed by atoms with Gasteiger partial charge in [-0.2, -0.15) is 5.10 Å². The van der Waals surface area contributed by atoms with Crippen molar-refractivity contribution in [3.63, 3.8) is 0 Å². The van der Waals surface area contributed by atoms with Crippen LogP contribution in [-0.4, -0.2) is 38.3 Å². The van der Waals surface area contributed by atoms with Crippen LogP contribution in [0.1, 0.15) is 27.8 Å². The van der Waals surface area contributed by atoms with E-state index in [1.54, 1.807) is 13.1 Å². The van der Waals surface area contributed by atoms with E-state index in [9.17, 15) is 9.59 Å². The van der Waals surface area contributed by atoms with Crippen LogP contribution in [0, 0.1) is 0 Å². The van der Waals surface area contributed by atoms with Crippen molar-refractivity contribution in [2.24, 2.45) is 7.05 Å². The first-order valence-electron chi connectivity index (χ1n) is 5.49. The van der Waals surface area contributed by atoms with Gasteiger partial charge in [-0.15, -0.1) is 0 Å². The minimum Gasteiger partial charge on any atom is -0.481 e. The van der Waals surface area contributed by atoms with Crippen LogP contribution >= 0.6 is 0 Å². The number of hydrogen-bond acceptors (Lipinski definition) is 4. The molecule has 2 aromatic rings. The summed E-state index contributed by atoms with van der Waals surface area (Å²) in [4.78, 5) is 22.5. The molecular weight excluding hydrogens is 250 g/mol. The summed E-state index contributed by atoms with van der Waals surface area (Å²) in [5.74, 6) is -0.463. The summed E-state index contributed by atoms with van der Waals surface area (Å²) in [6.07, 6.45) is 1.45. The van der Waals surface area contributed by atoms with Crippen molar-refractivity contribution in [1.29, 1.82) is 0 Å². The van der Waals surface area contributed by atoms with E-state index in [4.69, 9.17) is 9.84 Å². The van der Waals surface area contributed by atoms with Crippen LogP contribution in [0.2, 0.25) is 0 Å². The molecule has 0 bridgehead atoms. The summed E-state index contributed by atoms with van der Waals surface area (Å²) in [6, 6.07) is 2.92. The first kappa shape index (κ1) is 12.9. The van der Waals surface area contributed by atoms with Crippen LogP contribution < -0.4 is 4.74 Å². The Morgan fingerprint density at radius 3 is 2.53 bits per heavy atom. The summed E-state index contributed by atoms with van der Waals surface area (Å²) >= 11 is 0. The number of carbonyl (C=O) groups excluding carboxylic acids is 1. The van der Waals surface area contributed by atoms with E-state index in [-0.39, 0.29) is 11.5 Å². The highest BCUT2D eigenvalue weighted by atomic mass is 16.5. The zero-order valence-corrected chi connectivity index (χ0v) is 10.7. The van der Waals surface area contributed by atoms with Gasteiger partial charge in [0.05, 0.1) is 7.11 Å². The molecule has 0 atom stereocenters. The highest BCUT2D eigenvalue weighted by Gasteiger charge is 2.18. The fourth-order valence-electron chi connectivity index (χ4n) is 1.75. The topological polar surface area (TPSA) is 86.3 Å². The van der Waals surface area contributed by atoms with Gasteiger partial charge in [-0.1, -0.05) is 0 Å². The average Bonchev–Trinajstić information content (AvgIpc) is 2.91. The molecule has 0 spiro atoms. The predicted octanol–water partition coefficient (Wildman–Crippen LogP) is 1.12. The number of carboxylic acids is 1. The summed E-state index contributed by atoms with van der Waals surface area (Å²) in [7, 11) is 3.17. The molecule has 0 aliphatic carbocycles. The molecule has 2 heterocycles. The van der Waals surface area contributed by atoms with Crippen molar-refractivity contribution in [3.05, 3.63) is 29.6 Å². The van der Waals surface area contributed by atoms with Crippen LogP contribution in [0.5, 0.6) is 5.88 Å². The van der Waals surface area contributed by atoms with Crippen LogP contribution in [0.3, 0.4) is 0 Å². The Balaban J connectivity index is 2.59. The lowest BCUT2D eigenvalue weighted by molar-refractivity contribution is 0.0688. The van der Waals surface area contributed by atoms with E-state index in [0.29, 0.717) is 17.3 Å². The zero-order chi connectivity index (χ0) is 14.2. The SMILES string of the molecule is COc1cc(-n2cc(C(C)=O)cc2C(=O)O)nn1C. The van der Waals surface area contributed by atoms with Crippen molar-refractivity contribution in [3.8, 4) is 11.7 Å². The molecule has 2 aromatic heterocycles. The Kier molecular flexibility index (Phi) is 3.12. The van der Waals surface area contributed by atoms with Gasteiger partial charge in [0.25, 0.3) is 0 Å². The molecule has 0 saturated carbocycles. The third-order valence-electron chi connectivity index (χ3n) is 2.73. The quantitative estimate of drug-likeness (QED) is 0.835. The van der Waals surface area contributed by atoms with E-state index in [0.717, 1.165) is 0 Å². The molecule has 2 rings (SSSR count). The number of ether oxygens (including phenoxy) is 1. The second-order valence-corrected chi connectivity index (χ2v) is 4.01. The molecule has 1 N–H and O–H groups in total. The van der Waals surface area contributed by atoms with Gasteiger partial charge in [0.2, 0.25) is 5.88 Å². The van der Waals surface area contributed by atoms with Crippen molar-refractivity contribution in [2.45, 2.75) is 6.92 Å². The lowest BCUT2D eigenvalue weighted by Gasteiger charge is -2.00. The first-order chi connectivity index (χ1) is 8.93. The second-order valence-electron chi connectivity index (χ2n) is 4.01. The second kappa shape index (κ2) is 4.60. The Hall–Kier alpha value is -2.57. The summed E-state index contributed by atoms with van der Waals surface area (Å²) in [6.45, 7) is 1.38. The molecule has 19 heavy (non-hydrogen) atoms. The maximum atomic E-state index is 11.3. The van der Waals surface area contributed by atoms with Crippen LogP contribution in [0.15, 0.2) is 18.3 Å². The van der Waals surface area contributed by atoms with E-state index < -0.39 is 5.97 Å². The Labute approximate surface area is 109 Å². The third-order valence-corrected chi connectivity index (χ3v) is 2.73. The number of ketones is 1. The molecule has 0 aliphatic rings. The number of Topliss-reactive ketones (excluding diaryl/α,β-unsaturated/α-hetero) is 1. The number of carboxylic acid groups (broad SMARTS) is 1. The number of rotatable bonds is 4. The molecule has 0 saturated heterocycles. The van der Waals surface area contributed by atoms with Gasteiger partial charge in [-0.05, 0) is 13.0 Å². The molecule has 0 aliphatic heterocycles. The smallest absolute Gasteiger partial charge is 0.352 e. The van der Waals surface area contributed by atoms with Gasteiger partial charge >= 0.3 is 5.97 Å². The number of nitrogens with zero attached hydrogens (tertiary/aromatic N) is 3. The highest BCUT2D eigenvalue weighted by Crippen LogP contribution is 2.19. The molecule has 0 radical (unpaired) electrons. The van der Waals surface area contributed by atoms with Crippen LogP contribution in [0.25, 0.3) is 5.82 Å². The maximum absolute atomic E-state index is 11.3. The van der Waals surface area contributed by atoms with E-state index in [2.05, 4.69) is 5.10 Å². The average molecular weight is 263 g/mol.